The highest BCUT2D eigenvalue weighted by molar-refractivity contribution is 7.89. The monoisotopic (exact) mass is 342 g/mol. The van der Waals surface area contributed by atoms with E-state index in [9.17, 15) is 13.2 Å². The molecule has 0 spiro atoms. The van der Waals surface area contributed by atoms with Gasteiger partial charge in [-0.05, 0) is 6.07 Å². The molecule has 1 fully saturated rings. The van der Waals surface area contributed by atoms with Gasteiger partial charge < -0.3 is 15.0 Å². The lowest BCUT2D eigenvalue weighted by molar-refractivity contribution is 0.0955. The predicted octanol–water partition coefficient (Wildman–Crippen LogP) is -0.461. The van der Waals surface area contributed by atoms with Crippen LogP contribution in [0.4, 0.5) is 5.69 Å². The van der Waals surface area contributed by atoms with E-state index < -0.39 is 10.0 Å². The first kappa shape index (κ1) is 17.6. The lowest BCUT2D eigenvalue weighted by atomic mass is 10.2. The Labute approximate surface area is 136 Å². The van der Waals surface area contributed by atoms with Crippen molar-refractivity contribution in [1.82, 2.24) is 14.6 Å². The van der Waals surface area contributed by atoms with Crippen LogP contribution in [0.3, 0.4) is 0 Å². The number of nitrogens with zero attached hydrogens (tertiary/aromatic N) is 3. The largest absolute Gasteiger partial charge is 0.378 e. The number of aromatic nitrogens is 1. The third-order valence-corrected chi connectivity index (χ3v) is 5.40. The Kier molecular flexibility index (Phi) is 5.91. The molecule has 1 N–H and O–H groups in total. The average molecular weight is 342 g/mol. The van der Waals surface area contributed by atoms with E-state index in [0.29, 0.717) is 18.8 Å². The number of nitrogens with one attached hydrogen (secondary N) is 1. The molecule has 128 valence electrons. The van der Waals surface area contributed by atoms with E-state index in [1.807, 2.05) is 0 Å². The minimum atomic E-state index is -3.32. The van der Waals surface area contributed by atoms with Crippen molar-refractivity contribution >= 4 is 21.6 Å². The summed E-state index contributed by atoms with van der Waals surface area (Å²) in [6.07, 6.45) is 3.18. The minimum absolute atomic E-state index is 0.0567. The standard InChI is InChI=1S/C14H22N4O4S/c1-17(2)23(20,21)8-3-16-14(19)12-9-13(11-15-10-12)18-4-6-22-7-5-18/h9-11H,3-8H2,1-2H3,(H,16,19). The van der Waals surface area contributed by atoms with Crippen LogP contribution in [0.25, 0.3) is 0 Å². The molecule has 0 bridgehead atoms. The Morgan fingerprint density at radius 1 is 1.35 bits per heavy atom. The van der Waals surface area contributed by atoms with E-state index in [-0.39, 0.29) is 18.2 Å². The fourth-order valence-corrected chi connectivity index (χ4v) is 2.85. The Morgan fingerprint density at radius 3 is 2.70 bits per heavy atom. The molecule has 0 unspecified atom stereocenters. The van der Waals surface area contributed by atoms with Gasteiger partial charge in [0.05, 0.1) is 36.4 Å². The van der Waals surface area contributed by atoms with E-state index in [1.54, 1.807) is 12.3 Å². The maximum Gasteiger partial charge on any atom is 0.252 e. The van der Waals surface area contributed by atoms with E-state index in [4.69, 9.17) is 4.74 Å². The van der Waals surface area contributed by atoms with Crippen LogP contribution in [0, 0.1) is 0 Å². The summed E-state index contributed by atoms with van der Waals surface area (Å²) in [5.41, 5.74) is 1.28. The molecule has 1 aliphatic heterocycles. The fourth-order valence-electron chi connectivity index (χ4n) is 2.12. The zero-order valence-electron chi connectivity index (χ0n) is 13.4. The summed E-state index contributed by atoms with van der Waals surface area (Å²) >= 11 is 0. The van der Waals surface area contributed by atoms with Crippen molar-refractivity contribution in [2.24, 2.45) is 0 Å². The molecular formula is C14H22N4O4S. The summed E-state index contributed by atoms with van der Waals surface area (Å²) in [6.45, 7) is 2.88. The predicted molar refractivity (Wildman–Crippen MR) is 87.1 cm³/mol. The first-order chi connectivity index (χ1) is 10.9. The van der Waals surface area contributed by atoms with Gasteiger partial charge in [-0.15, -0.1) is 0 Å². The highest BCUT2D eigenvalue weighted by atomic mass is 32.2. The number of hydrogen-bond acceptors (Lipinski definition) is 6. The number of rotatable bonds is 6. The summed E-state index contributed by atoms with van der Waals surface area (Å²) in [6, 6.07) is 1.76. The zero-order chi connectivity index (χ0) is 16.9. The van der Waals surface area contributed by atoms with Gasteiger partial charge in [0, 0.05) is 39.9 Å². The molecule has 0 aliphatic carbocycles. The van der Waals surface area contributed by atoms with E-state index in [2.05, 4.69) is 15.2 Å². The van der Waals surface area contributed by atoms with Crippen molar-refractivity contribution in [1.29, 1.82) is 0 Å². The molecule has 2 heterocycles. The lowest BCUT2D eigenvalue weighted by Gasteiger charge is -2.28. The molecule has 8 nitrogen and oxygen atoms in total. The number of sulfonamides is 1. The molecule has 0 aromatic carbocycles. The van der Waals surface area contributed by atoms with E-state index >= 15 is 0 Å². The first-order valence-corrected chi connectivity index (χ1v) is 8.97. The molecule has 2 rings (SSSR count). The van der Waals surface area contributed by atoms with Crippen molar-refractivity contribution in [3.8, 4) is 0 Å². The molecular weight excluding hydrogens is 320 g/mol. The Balaban J connectivity index is 1.94. The third kappa shape index (κ3) is 4.88. The van der Waals surface area contributed by atoms with Crippen LogP contribution in [-0.4, -0.2) is 76.3 Å². The average Bonchev–Trinajstić information content (AvgIpc) is 2.55. The maximum atomic E-state index is 12.1. The van der Waals surface area contributed by atoms with Crippen LogP contribution in [0.2, 0.25) is 0 Å². The summed E-state index contributed by atoms with van der Waals surface area (Å²) in [7, 11) is -0.390. The normalized spacial score (nSPS) is 15.7. The van der Waals surface area contributed by atoms with Gasteiger partial charge >= 0.3 is 0 Å². The number of carbonyl (C=O) groups is 1. The quantitative estimate of drug-likeness (QED) is 0.752. The minimum Gasteiger partial charge on any atom is -0.378 e. The van der Waals surface area contributed by atoms with Gasteiger partial charge in [0.2, 0.25) is 10.0 Å². The Morgan fingerprint density at radius 2 is 2.04 bits per heavy atom. The topological polar surface area (TPSA) is 91.8 Å². The van der Waals surface area contributed by atoms with Gasteiger partial charge in [-0.2, -0.15) is 0 Å². The van der Waals surface area contributed by atoms with Crippen LogP contribution in [0.5, 0.6) is 0 Å². The molecule has 0 radical (unpaired) electrons. The highest BCUT2D eigenvalue weighted by Gasteiger charge is 2.16. The van der Waals surface area contributed by atoms with Gasteiger partial charge in [-0.3, -0.25) is 9.78 Å². The van der Waals surface area contributed by atoms with Gasteiger partial charge in [-0.1, -0.05) is 0 Å². The zero-order valence-corrected chi connectivity index (χ0v) is 14.2. The Bertz CT molecular complexity index is 642. The lowest BCUT2D eigenvalue weighted by Crippen LogP contribution is -2.36. The number of amides is 1. The van der Waals surface area contributed by atoms with Crippen molar-refractivity contribution in [2.75, 3.05) is 57.6 Å². The molecule has 1 amide bonds. The van der Waals surface area contributed by atoms with Crippen molar-refractivity contribution in [3.63, 3.8) is 0 Å². The van der Waals surface area contributed by atoms with Crippen LogP contribution >= 0.6 is 0 Å². The summed E-state index contributed by atoms with van der Waals surface area (Å²) in [4.78, 5) is 18.3. The molecule has 1 aliphatic rings. The molecule has 23 heavy (non-hydrogen) atoms. The highest BCUT2D eigenvalue weighted by Crippen LogP contribution is 2.16. The smallest absolute Gasteiger partial charge is 0.252 e. The van der Waals surface area contributed by atoms with Crippen LogP contribution < -0.4 is 10.2 Å². The van der Waals surface area contributed by atoms with Gasteiger partial charge in [0.15, 0.2) is 0 Å². The molecule has 1 aromatic rings. The SMILES string of the molecule is CN(C)S(=O)(=O)CCNC(=O)c1cncc(N2CCOCC2)c1. The second-order valence-electron chi connectivity index (χ2n) is 5.39. The van der Waals surface area contributed by atoms with Crippen LogP contribution in [-0.2, 0) is 14.8 Å². The summed E-state index contributed by atoms with van der Waals surface area (Å²) < 4.78 is 29.7. The molecule has 0 saturated carbocycles. The number of hydrogen-bond donors (Lipinski definition) is 1. The fraction of sp³-hybridized carbons (Fsp3) is 0.571. The Hall–Kier alpha value is -1.71. The molecule has 9 heteroatoms. The second kappa shape index (κ2) is 7.71. The number of anilines is 1. The molecule has 0 atom stereocenters. The van der Waals surface area contributed by atoms with Gasteiger partial charge in [-0.25, -0.2) is 12.7 Å². The van der Waals surface area contributed by atoms with Gasteiger partial charge in [0.1, 0.15) is 0 Å². The molecule has 1 saturated heterocycles. The van der Waals surface area contributed by atoms with Gasteiger partial charge in [0.25, 0.3) is 5.91 Å². The number of ether oxygens (including phenoxy) is 1. The maximum absolute atomic E-state index is 12.1. The summed E-state index contributed by atoms with van der Waals surface area (Å²) in [5.74, 6) is -0.468. The summed E-state index contributed by atoms with van der Waals surface area (Å²) in [5, 5.41) is 2.61. The first-order valence-electron chi connectivity index (χ1n) is 7.36. The van der Waals surface area contributed by atoms with Crippen molar-refractivity contribution in [3.05, 3.63) is 24.0 Å². The van der Waals surface area contributed by atoms with Crippen LogP contribution in [0.15, 0.2) is 18.5 Å². The van der Waals surface area contributed by atoms with Crippen molar-refractivity contribution < 1.29 is 17.9 Å². The van der Waals surface area contributed by atoms with Crippen LogP contribution in [0.1, 0.15) is 10.4 Å². The molecule has 1 aromatic heterocycles. The van der Waals surface area contributed by atoms with Crippen molar-refractivity contribution in [2.45, 2.75) is 0 Å². The second-order valence-corrected chi connectivity index (χ2v) is 7.69. The number of morpholine rings is 1. The number of carbonyl (C=O) groups excluding carboxylic acids is 1. The number of pyridine rings is 1. The van der Waals surface area contributed by atoms with E-state index in [1.165, 1.54) is 20.3 Å². The third-order valence-electron chi connectivity index (χ3n) is 3.56. The van der Waals surface area contributed by atoms with E-state index in [0.717, 1.165) is 23.1 Å².